The summed E-state index contributed by atoms with van der Waals surface area (Å²) in [5, 5.41) is 13.3. The lowest BCUT2D eigenvalue weighted by Gasteiger charge is -2.01. The zero-order valence-electron chi connectivity index (χ0n) is 10.0. The second-order valence-corrected chi connectivity index (χ2v) is 4.36. The highest BCUT2D eigenvalue weighted by Gasteiger charge is 2.00. The average molecular weight is 315 g/mol. The highest BCUT2D eigenvalue weighted by Crippen LogP contribution is 2.19. The van der Waals surface area contributed by atoms with Gasteiger partial charge in [-0.25, -0.2) is 5.43 Å². The Morgan fingerprint density at radius 2 is 2.39 bits per heavy atom. The molecule has 0 saturated carbocycles. The van der Waals surface area contributed by atoms with Gasteiger partial charge >= 0.3 is 0 Å². The van der Waals surface area contributed by atoms with Gasteiger partial charge in [0.15, 0.2) is 0 Å². The first kappa shape index (κ1) is 14.7. The minimum atomic E-state index is -0.228. The summed E-state index contributed by atoms with van der Waals surface area (Å²) in [6, 6.07) is 4.96. The maximum Gasteiger partial charge on any atom is 0.242 e. The molecule has 1 amide bonds. The predicted molar refractivity (Wildman–Crippen MR) is 72.7 cm³/mol. The molecule has 0 fully saturated rings. The van der Waals surface area contributed by atoms with E-state index < -0.39 is 0 Å². The Kier molecular flexibility index (Phi) is 6.38. The molecule has 0 aliphatic carbocycles. The van der Waals surface area contributed by atoms with Gasteiger partial charge < -0.3 is 9.84 Å². The first-order valence-corrected chi connectivity index (χ1v) is 6.31. The third-order valence-electron chi connectivity index (χ3n) is 2.06. The third-order valence-corrected chi connectivity index (χ3v) is 2.55. The molecule has 0 aliphatic rings. The molecule has 0 saturated heterocycles. The smallest absolute Gasteiger partial charge is 0.242 e. The molecular weight excluding hydrogens is 300 g/mol. The van der Waals surface area contributed by atoms with Crippen LogP contribution in [0.2, 0.25) is 0 Å². The van der Waals surface area contributed by atoms with Crippen molar-refractivity contribution < 1.29 is 14.6 Å². The summed E-state index contributed by atoms with van der Waals surface area (Å²) in [5.74, 6) is -0.125. The molecule has 0 spiro atoms. The second-order valence-electron chi connectivity index (χ2n) is 3.44. The van der Waals surface area contributed by atoms with Gasteiger partial charge in [0.05, 0.1) is 19.2 Å². The molecule has 1 aromatic carbocycles. The minimum Gasteiger partial charge on any atom is -0.507 e. The van der Waals surface area contributed by atoms with Gasteiger partial charge in [-0.3, -0.25) is 4.79 Å². The summed E-state index contributed by atoms with van der Waals surface area (Å²) in [4.78, 5) is 11.3. The summed E-state index contributed by atoms with van der Waals surface area (Å²) in [7, 11) is 0. The molecule has 0 aliphatic heterocycles. The van der Waals surface area contributed by atoms with Gasteiger partial charge in [-0.15, -0.1) is 0 Å². The second kappa shape index (κ2) is 7.84. The van der Waals surface area contributed by atoms with Crippen LogP contribution in [-0.4, -0.2) is 30.4 Å². The largest absolute Gasteiger partial charge is 0.507 e. The summed E-state index contributed by atoms with van der Waals surface area (Å²) in [6.07, 6.45) is 1.65. The van der Waals surface area contributed by atoms with Crippen LogP contribution in [0.5, 0.6) is 5.75 Å². The molecule has 0 bridgehead atoms. The summed E-state index contributed by atoms with van der Waals surface area (Å²) < 4.78 is 5.87. The number of aromatic hydroxyl groups is 1. The number of hydrazone groups is 1. The van der Waals surface area contributed by atoms with Crippen LogP contribution < -0.4 is 5.43 Å². The molecule has 6 heteroatoms. The van der Waals surface area contributed by atoms with Crippen molar-refractivity contribution in [3.63, 3.8) is 0 Å². The Morgan fingerprint density at radius 3 is 3.11 bits per heavy atom. The Morgan fingerprint density at radius 1 is 1.61 bits per heavy atom. The number of hydrogen-bond donors (Lipinski definition) is 2. The number of hydrogen-bond acceptors (Lipinski definition) is 4. The van der Waals surface area contributed by atoms with Crippen LogP contribution in [0.4, 0.5) is 0 Å². The normalized spacial score (nSPS) is 10.8. The number of amides is 1. The van der Waals surface area contributed by atoms with Gasteiger partial charge in [0, 0.05) is 16.6 Å². The van der Waals surface area contributed by atoms with Crippen molar-refractivity contribution in [1.82, 2.24) is 5.43 Å². The maximum absolute atomic E-state index is 11.3. The lowest BCUT2D eigenvalue weighted by molar-refractivity contribution is -0.122. The van der Waals surface area contributed by atoms with Gasteiger partial charge in [0.2, 0.25) is 5.91 Å². The number of nitrogens with one attached hydrogen (secondary N) is 1. The van der Waals surface area contributed by atoms with E-state index in [1.54, 1.807) is 18.2 Å². The average Bonchev–Trinajstić information content (AvgIpc) is 2.34. The fraction of sp³-hybridized carbons (Fsp3) is 0.333. The van der Waals surface area contributed by atoms with E-state index in [1.165, 1.54) is 6.21 Å². The van der Waals surface area contributed by atoms with Crippen LogP contribution in [0, 0.1) is 0 Å². The minimum absolute atomic E-state index is 0.102. The Bertz CT molecular complexity index is 435. The molecule has 5 nitrogen and oxygen atoms in total. The van der Waals surface area contributed by atoms with Crippen LogP contribution in [0.1, 0.15) is 18.9 Å². The van der Waals surface area contributed by atoms with Crippen molar-refractivity contribution in [2.24, 2.45) is 5.10 Å². The Labute approximate surface area is 114 Å². The molecule has 0 radical (unpaired) electrons. The van der Waals surface area contributed by atoms with E-state index in [2.05, 4.69) is 26.5 Å². The molecule has 98 valence electrons. The van der Waals surface area contributed by atoms with Crippen molar-refractivity contribution in [3.05, 3.63) is 28.2 Å². The number of halogens is 1. The fourth-order valence-electron chi connectivity index (χ4n) is 1.17. The van der Waals surface area contributed by atoms with E-state index in [4.69, 9.17) is 4.74 Å². The molecule has 18 heavy (non-hydrogen) atoms. The topological polar surface area (TPSA) is 70.9 Å². The molecule has 1 aromatic rings. The molecular formula is C12H15BrN2O3. The summed E-state index contributed by atoms with van der Waals surface area (Å²) in [5.41, 5.74) is 2.88. The van der Waals surface area contributed by atoms with Crippen molar-refractivity contribution in [1.29, 1.82) is 0 Å². The highest BCUT2D eigenvalue weighted by molar-refractivity contribution is 9.10. The van der Waals surface area contributed by atoms with E-state index in [-0.39, 0.29) is 18.1 Å². The van der Waals surface area contributed by atoms with E-state index in [9.17, 15) is 9.90 Å². The number of phenols is 1. The monoisotopic (exact) mass is 314 g/mol. The molecule has 0 heterocycles. The van der Waals surface area contributed by atoms with Crippen molar-refractivity contribution in [2.45, 2.75) is 13.3 Å². The van der Waals surface area contributed by atoms with E-state index in [0.717, 1.165) is 4.47 Å². The molecule has 1 rings (SSSR count). The van der Waals surface area contributed by atoms with E-state index in [0.29, 0.717) is 18.8 Å². The standard InChI is InChI=1S/C12H15BrN2O3/c1-2-18-6-5-12(17)15-14-8-9-7-10(13)3-4-11(9)16/h3-4,7-8,16H,2,5-6H2,1H3,(H,15,17)/b14-8+. The van der Waals surface area contributed by atoms with Gasteiger partial charge in [0.25, 0.3) is 0 Å². The van der Waals surface area contributed by atoms with Gasteiger partial charge in [-0.05, 0) is 25.1 Å². The van der Waals surface area contributed by atoms with Gasteiger partial charge in [0.1, 0.15) is 5.75 Å². The number of nitrogens with zero attached hydrogens (tertiary/aromatic N) is 1. The van der Waals surface area contributed by atoms with Crippen molar-refractivity contribution in [2.75, 3.05) is 13.2 Å². The third kappa shape index (κ3) is 5.29. The van der Waals surface area contributed by atoms with Crippen LogP contribution in [-0.2, 0) is 9.53 Å². The fourth-order valence-corrected chi connectivity index (χ4v) is 1.55. The predicted octanol–water partition coefficient (Wildman–Crippen LogP) is 2.03. The quantitative estimate of drug-likeness (QED) is 0.479. The summed E-state index contributed by atoms with van der Waals surface area (Å²) in [6.45, 7) is 2.83. The number of benzene rings is 1. The zero-order valence-corrected chi connectivity index (χ0v) is 11.6. The first-order chi connectivity index (χ1) is 8.63. The van der Waals surface area contributed by atoms with Crippen molar-refractivity contribution >= 4 is 28.1 Å². The van der Waals surface area contributed by atoms with Gasteiger partial charge in [-0.1, -0.05) is 15.9 Å². The molecule has 0 atom stereocenters. The number of rotatable bonds is 6. The number of carbonyl (C=O) groups is 1. The SMILES string of the molecule is CCOCCC(=O)N/N=C/c1cc(Br)ccc1O. The van der Waals surface area contributed by atoms with Crippen molar-refractivity contribution in [3.8, 4) is 5.75 Å². The van der Waals surface area contributed by atoms with E-state index in [1.807, 2.05) is 6.92 Å². The van der Waals surface area contributed by atoms with Gasteiger partial charge in [-0.2, -0.15) is 5.10 Å². The lowest BCUT2D eigenvalue weighted by Crippen LogP contribution is -2.19. The van der Waals surface area contributed by atoms with Crippen LogP contribution in [0.25, 0.3) is 0 Å². The maximum atomic E-state index is 11.3. The molecule has 2 N–H and O–H groups in total. The molecule has 0 aromatic heterocycles. The van der Waals surface area contributed by atoms with Crippen LogP contribution >= 0.6 is 15.9 Å². The first-order valence-electron chi connectivity index (χ1n) is 5.51. The Hall–Kier alpha value is -1.40. The molecule has 0 unspecified atom stereocenters. The number of ether oxygens (including phenoxy) is 1. The summed E-state index contributed by atoms with van der Waals surface area (Å²) >= 11 is 3.28. The number of phenolic OH excluding ortho intramolecular Hbond substituents is 1. The van der Waals surface area contributed by atoms with Crippen LogP contribution in [0.3, 0.4) is 0 Å². The Balaban J connectivity index is 2.44. The zero-order chi connectivity index (χ0) is 13.4. The number of carbonyl (C=O) groups excluding carboxylic acids is 1. The van der Waals surface area contributed by atoms with Crippen LogP contribution in [0.15, 0.2) is 27.8 Å². The van der Waals surface area contributed by atoms with E-state index >= 15 is 0 Å². The lowest BCUT2D eigenvalue weighted by atomic mass is 10.2. The highest BCUT2D eigenvalue weighted by atomic mass is 79.9.